The first-order valence-electron chi connectivity index (χ1n) is 6.88. The Labute approximate surface area is 145 Å². The second kappa shape index (κ2) is 7.45. The topological polar surface area (TPSA) is 46.4 Å². The number of para-hydroxylation sites is 1. The fourth-order valence-electron chi connectivity index (χ4n) is 1.99. The van der Waals surface area contributed by atoms with Gasteiger partial charge in [-0.1, -0.05) is 48.5 Å². The fourth-order valence-corrected chi connectivity index (χ4v) is 4.40. The highest BCUT2D eigenvalue weighted by atomic mass is 32.9. The molecule has 0 aliphatic heterocycles. The highest BCUT2D eigenvalue weighted by Crippen LogP contribution is 2.12. The summed E-state index contributed by atoms with van der Waals surface area (Å²) in [7, 11) is 2.82. The first-order chi connectivity index (χ1) is 11.2. The van der Waals surface area contributed by atoms with E-state index in [4.69, 9.17) is 12.2 Å². The monoisotopic (exact) mass is 359 g/mol. The molecular formula is C16H13N3OS3. The molecule has 0 saturated carbocycles. The quantitative estimate of drug-likeness (QED) is 0.564. The van der Waals surface area contributed by atoms with E-state index in [1.165, 1.54) is 20.7 Å². The Balaban J connectivity index is 1.83. The summed E-state index contributed by atoms with van der Waals surface area (Å²) in [5.74, 6) is 0. The Morgan fingerprint density at radius 2 is 1.70 bits per heavy atom. The van der Waals surface area contributed by atoms with Crippen molar-refractivity contribution in [3.8, 4) is 5.69 Å². The van der Waals surface area contributed by atoms with Crippen molar-refractivity contribution < 1.29 is 4.79 Å². The maximum absolute atomic E-state index is 12.1. The van der Waals surface area contributed by atoms with Crippen LogP contribution in [0.25, 0.3) is 5.69 Å². The lowest BCUT2D eigenvalue weighted by molar-refractivity contribution is 0.248. The van der Waals surface area contributed by atoms with Gasteiger partial charge >= 0.3 is 6.03 Å². The van der Waals surface area contributed by atoms with E-state index >= 15 is 0 Å². The number of carbonyl (C=O) groups is 1. The van der Waals surface area contributed by atoms with Crippen molar-refractivity contribution in [2.24, 2.45) is 4.99 Å². The minimum atomic E-state index is -0.373. The average molecular weight is 360 g/mol. The minimum Gasteiger partial charge on any atom is -0.332 e. The van der Waals surface area contributed by atoms with E-state index < -0.39 is 0 Å². The number of urea groups is 1. The van der Waals surface area contributed by atoms with Gasteiger partial charge in [0.2, 0.25) is 4.80 Å². The SMILES string of the molecule is O=C(N=c1ssc(=S)n1-c1ccccc1)NCc1ccccc1. The molecule has 23 heavy (non-hydrogen) atoms. The van der Waals surface area contributed by atoms with Crippen LogP contribution >= 0.6 is 32.9 Å². The minimum absolute atomic E-state index is 0.373. The fraction of sp³-hybridized carbons (Fsp3) is 0.0625. The molecule has 0 radical (unpaired) electrons. The molecule has 116 valence electrons. The molecule has 2 amide bonds. The third kappa shape index (κ3) is 4.01. The van der Waals surface area contributed by atoms with Crippen LogP contribution < -0.4 is 10.1 Å². The first-order valence-corrected chi connectivity index (χ1v) is 9.44. The second-order valence-electron chi connectivity index (χ2n) is 4.64. The number of hydrogen-bond donors (Lipinski definition) is 1. The number of nitrogens with one attached hydrogen (secondary N) is 1. The molecule has 0 atom stereocenters. The van der Waals surface area contributed by atoms with Crippen LogP contribution in [0.2, 0.25) is 0 Å². The smallest absolute Gasteiger partial charge is 0.332 e. The molecule has 4 nitrogen and oxygen atoms in total. The van der Waals surface area contributed by atoms with Gasteiger partial charge in [-0.15, -0.1) is 0 Å². The van der Waals surface area contributed by atoms with Crippen LogP contribution in [0.3, 0.4) is 0 Å². The maximum atomic E-state index is 12.1. The summed E-state index contributed by atoms with van der Waals surface area (Å²) in [6.45, 7) is 0.448. The molecule has 0 aliphatic carbocycles. The number of benzene rings is 2. The second-order valence-corrected chi connectivity index (χ2v) is 7.37. The van der Waals surface area contributed by atoms with E-state index in [9.17, 15) is 4.79 Å². The summed E-state index contributed by atoms with van der Waals surface area (Å²) in [5.41, 5.74) is 1.94. The summed E-state index contributed by atoms with van der Waals surface area (Å²) in [6.07, 6.45) is 0. The van der Waals surface area contributed by atoms with Gasteiger partial charge in [0.05, 0.1) is 5.69 Å². The molecule has 2 aromatic carbocycles. The zero-order valence-corrected chi connectivity index (χ0v) is 14.5. The van der Waals surface area contributed by atoms with Crippen LogP contribution in [-0.2, 0) is 6.54 Å². The molecule has 7 heteroatoms. The van der Waals surface area contributed by atoms with Crippen molar-refractivity contribution in [2.75, 3.05) is 0 Å². The lowest BCUT2D eigenvalue weighted by atomic mass is 10.2. The van der Waals surface area contributed by atoms with Crippen LogP contribution in [0, 0.1) is 3.95 Å². The molecular weight excluding hydrogens is 346 g/mol. The largest absolute Gasteiger partial charge is 0.343 e. The molecule has 1 N–H and O–H groups in total. The predicted octanol–water partition coefficient (Wildman–Crippen LogP) is 4.14. The molecule has 0 aliphatic rings. The van der Waals surface area contributed by atoms with Crippen LogP contribution in [0.5, 0.6) is 0 Å². The first kappa shape index (κ1) is 15.8. The van der Waals surface area contributed by atoms with E-state index in [0.717, 1.165) is 11.3 Å². The highest BCUT2D eigenvalue weighted by Gasteiger charge is 2.05. The Morgan fingerprint density at radius 3 is 2.39 bits per heavy atom. The van der Waals surface area contributed by atoms with Gasteiger partial charge in [-0.05, 0) is 50.6 Å². The van der Waals surface area contributed by atoms with Crippen molar-refractivity contribution in [3.05, 3.63) is 75.0 Å². The maximum Gasteiger partial charge on any atom is 0.343 e. The summed E-state index contributed by atoms with van der Waals surface area (Å²) in [5, 5.41) is 2.79. The zero-order chi connectivity index (χ0) is 16.1. The lowest BCUT2D eigenvalue weighted by Crippen LogP contribution is -2.23. The van der Waals surface area contributed by atoms with Crippen LogP contribution in [0.15, 0.2) is 65.7 Å². The van der Waals surface area contributed by atoms with Crippen molar-refractivity contribution >= 4 is 38.9 Å². The Morgan fingerprint density at radius 1 is 1.04 bits per heavy atom. The van der Waals surface area contributed by atoms with Crippen molar-refractivity contribution in [2.45, 2.75) is 6.54 Å². The molecule has 0 saturated heterocycles. The molecule has 0 fully saturated rings. The predicted molar refractivity (Wildman–Crippen MR) is 96.6 cm³/mol. The summed E-state index contributed by atoms with van der Waals surface area (Å²) < 4.78 is 2.49. The van der Waals surface area contributed by atoms with Crippen LogP contribution in [0.1, 0.15) is 5.56 Å². The zero-order valence-electron chi connectivity index (χ0n) is 12.0. The third-order valence-corrected chi connectivity index (χ3v) is 5.81. The summed E-state index contributed by atoms with van der Waals surface area (Å²) >= 11 is 5.35. The lowest BCUT2D eigenvalue weighted by Gasteiger charge is -2.03. The van der Waals surface area contributed by atoms with Gasteiger partial charge in [0, 0.05) is 6.54 Å². The van der Waals surface area contributed by atoms with E-state index in [1.807, 2.05) is 65.2 Å². The van der Waals surface area contributed by atoms with Crippen molar-refractivity contribution in [1.29, 1.82) is 0 Å². The number of carbonyl (C=O) groups excluding carboxylic acids is 1. The van der Waals surface area contributed by atoms with Gasteiger partial charge in [-0.25, -0.2) is 4.79 Å². The standard InChI is InChI=1S/C16H13N3OS3/c20-14(17-11-12-7-3-1-4-8-12)18-15-19(16(21)23-22-15)13-9-5-2-6-10-13/h1-10H,11H2,(H,17,20). The number of amides is 2. The van der Waals surface area contributed by atoms with Crippen LogP contribution in [-0.4, -0.2) is 10.6 Å². The average Bonchev–Trinajstić information content (AvgIpc) is 2.95. The Kier molecular flexibility index (Phi) is 5.12. The molecule has 3 rings (SSSR count). The van der Waals surface area contributed by atoms with E-state index in [2.05, 4.69) is 10.3 Å². The molecule has 0 unspecified atom stereocenters. The third-order valence-electron chi connectivity index (χ3n) is 3.06. The number of rotatable bonds is 3. The van der Waals surface area contributed by atoms with Crippen molar-refractivity contribution in [1.82, 2.24) is 9.88 Å². The van der Waals surface area contributed by atoms with Gasteiger partial charge in [-0.3, -0.25) is 4.57 Å². The normalized spacial score (nSPS) is 11.4. The van der Waals surface area contributed by atoms with Crippen LogP contribution in [0.4, 0.5) is 4.79 Å². The number of aromatic nitrogens is 1. The Hall–Kier alpha value is -2.09. The molecule has 0 spiro atoms. The molecule has 3 aromatic rings. The van der Waals surface area contributed by atoms with Gasteiger partial charge < -0.3 is 5.32 Å². The number of nitrogens with zero attached hydrogens (tertiary/aromatic N) is 2. The number of hydrogen-bond acceptors (Lipinski definition) is 4. The van der Waals surface area contributed by atoms with Gasteiger partial charge in [0.25, 0.3) is 0 Å². The Bertz CT molecular complexity index is 911. The summed E-state index contributed by atoms with van der Waals surface area (Å²) in [4.78, 5) is 16.8. The van der Waals surface area contributed by atoms with E-state index in [1.54, 1.807) is 0 Å². The van der Waals surface area contributed by atoms with Gasteiger partial charge in [0.1, 0.15) is 0 Å². The highest BCUT2D eigenvalue weighted by molar-refractivity contribution is 7.79. The molecule has 1 heterocycles. The molecule has 0 bridgehead atoms. The summed E-state index contributed by atoms with van der Waals surface area (Å²) in [6, 6.07) is 19.0. The van der Waals surface area contributed by atoms with E-state index in [-0.39, 0.29) is 6.03 Å². The van der Waals surface area contributed by atoms with E-state index in [0.29, 0.717) is 15.3 Å². The van der Waals surface area contributed by atoms with Crippen molar-refractivity contribution in [3.63, 3.8) is 0 Å². The van der Waals surface area contributed by atoms with Gasteiger partial charge in [0.15, 0.2) is 3.95 Å². The molecule has 1 aromatic heterocycles. The van der Waals surface area contributed by atoms with Gasteiger partial charge in [-0.2, -0.15) is 4.99 Å².